The first kappa shape index (κ1) is 22.3. The van der Waals surface area contributed by atoms with Crippen molar-refractivity contribution in [2.75, 3.05) is 19.8 Å². The molecular weight excluding hydrogens is 442 g/mol. The van der Waals surface area contributed by atoms with Gasteiger partial charge in [-0.2, -0.15) is 5.10 Å². The van der Waals surface area contributed by atoms with Crippen molar-refractivity contribution in [2.45, 2.75) is 56.3 Å². The van der Waals surface area contributed by atoms with Crippen LogP contribution in [0.3, 0.4) is 0 Å². The van der Waals surface area contributed by atoms with Crippen molar-refractivity contribution in [1.82, 2.24) is 14.7 Å². The number of rotatable bonds is 4. The summed E-state index contributed by atoms with van der Waals surface area (Å²) in [6, 6.07) is 16.4. The zero-order chi connectivity index (χ0) is 24.2. The average molecular weight is 474 g/mol. The van der Waals surface area contributed by atoms with E-state index in [0.29, 0.717) is 26.1 Å². The van der Waals surface area contributed by atoms with E-state index in [-0.39, 0.29) is 36.7 Å². The Bertz CT molecular complexity index is 1190. The summed E-state index contributed by atoms with van der Waals surface area (Å²) >= 11 is 0. The monoisotopic (exact) mass is 473 g/mol. The van der Waals surface area contributed by atoms with Crippen molar-refractivity contribution in [3.05, 3.63) is 77.6 Å². The third-order valence-electron chi connectivity index (χ3n) is 7.77. The summed E-state index contributed by atoms with van der Waals surface area (Å²) in [6.07, 6.45) is 4.14. The van der Waals surface area contributed by atoms with Gasteiger partial charge in [0.1, 0.15) is 6.61 Å². The van der Waals surface area contributed by atoms with E-state index in [1.165, 1.54) is 22.3 Å². The molecule has 2 fully saturated rings. The Labute approximate surface area is 205 Å². The van der Waals surface area contributed by atoms with Gasteiger partial charge < -0.3 is 14.6 Å². The van der Waals surface area contributed by atoms with Gasteiger partial charge in [0.25, 0.3) is 0 Å². The summed E-state index contributed by atoms with van der Waals surface area (Å²) < 4.78 is 13.6. The van der Waals surface area contributed by atoms with Crippen molar-refractivity contribution < 1.29 is 19.4 Å². The maximum absolute atomic E-state index is 13.4. The van der Waals surface area contributed by atoms with E-state index in [0.717, 1.165) is 5.56 Å². The predicted molar refractivity (Wildman–Crippen MR) is 131 cm³/mol. The third-order valence-corrected chi connectivity index (χ3v) is 7.77. The highest BCUT2D eigenvalue weighted by Gasteiger charge is 2.50. The molecule has 6 rings (SSSR count). The van der Waals surface area contributed by atoms with Crippen molar-refractivity contribution in [2.24, 2.45) is 0 Å². The van der Waals surface area contributed by atoms with E-state index in [1.807, 2.05) is 35.1 Å². The Morgan fingerprint density at radius 3 is 2.26 bits per heavy atom. The number of aromatic nitrogens is 2. The summed E-state index contributed by atoms with van der Waals surface area (Å²) in [5.74, 6) is 0.0195. The quantitative estimate of drug-likeness (QED) is 0.605. The number of carbonyl (C=O) groups excluding carboxylic acids is 1. The normalized spacial score (nSPS) is 25.4. The van der Waals surface area contributed by atoms with Crippen LogP contribution in [0.2, 0.25) is 0 Å². The molecule has 182 valence electrons. The molecule has 2 aromatic carbocycles. The molecule has 0 radical (unpaired) electrons. The minimum atomic E-state index is -1.04. The third kappa shape index (κ3) is 3.74. The highest BCUT2D eigenvalue weighted by Crippen LogP contribution is 2.45. The van der Waals surface area contributed by atoms with Gasteiger partial charge in [0, 0.05) is 36.6 Å². The molecule has 0 saturated carbocycles. The molecule has 2 atom stereocenters. The van der Waals surface area contributed by atoms with Gasteiger partial charge in [-0.25, -0.2) is 4.79 Å². The largest absolute Gasteiger partial charge is 0.448 e. The molecule has 35 heavy (non-hydrogen) atoms. The number of carbonyl (C=O) groups is 1. The molecule has 7 heteroatoms. The Hall–Kier alpha value is -3.16. The summed E-state index contributed by atoms with van der Waals surface area (Å²) in [7, 11) is 0. The van der Waals surface area contributed by atoms with E-state index in [2.05, 4.69) is 43.2 Å². The molecule has 3 aromatic rings. The maximum atomic E-state index is 13.4. The molecular formula is C28H31N3O4. The number of fused-ring (bicyclic) bond motifs is 5. The summed E-state index contributed by atoms with van der Waals surface area (Å²) in [5, 5.41) is 16.0. The van der Waals surface area contributed by atoms with Crippen molar-refractivity contribution in [1.29, 1.82) is 0 Å². The Kier molecular flexibility index (Phi) is 5.42. The molecule has 3 aliphatic rings. The van der Waals surface area contributed by atoms with Gasteiger partial charge in [-0.05, 0) is 36.1 Å². The van der Waals surface area contributed by atoms with Crippen LogP contribution < -0.4 is 0 Å². The smallest absolute Gasteiger partial charge is 0.410 e. The Balaban J connectivity index is 1.19. The van der Waals surface area contributed by atoms with Crippen LogP contribution in [0.15, 0.2) is 60.9 Å². The van der Waals surface area contributed by atoms with Crippen molar-refractivity contribution >= 4 is 6.09 Å². The van der Waals surface area contributed by atoms with Crippen LogP contribution in [0.1, 0.15) is 55.3 Å². The molecule has 1 aromatic heterocycles. The molecule has 0 spiro atoms. The molecule has 2 aliphatic heterocycles. The van der Waals surface area contributed by atoms with Crippen LogP contribution in [0.25, 0.3) is 11.1 Å². The number of nitrogens with zero attached hydrogens (tertiary/aromatic N) is 3. The second-order valence-corrected chi connectivity index (χ2v) is 10.3. The summed E-state index contributed by atoms with van der Waals surface area (Å²) in [6.45, 7) is 5.18. The van der Waals surface area contributed by atoms with Crippen LogP contribution in [-0.2, 0) is 15.1 Å². The zero-order valence-electron chi connectivity index (χ0n) is 20.1. The lowest BCUT2D eigenvalue weighted by Crippen LogP contribution is -2.62. The minimum absolute atomic E-state index is 0.0195. The number of piperidine rings is 1. The van der Waals surface area contributed by atoms with Gasteiger partial charge in [-0.15, -0.1) is 0 Å². The number of morpholine rings is 1. The SMILES string of the molecule is CC(C)n1cc(C2(O)CC3COCC(C2)N3C(=O)OCC2c3ccccc3-c3ccccc32)cn1. The van der Waals surface area contributed by atoms with Gasteiger partial charge in [0.15, 0.2) is 0 Å². The summed E-state index contributed by atoms with van der Waals surface area (Å²) in [5.41, 5.74) is 4.57. The van der Waals surface area contributed by atoms with Crippen LogP contribution in [0.5, 0.6) is 0 Å². The van der Waals surface area contributed by atoms with Crippen molar-refractivity contribution in [3.8, 4) is 11.1 Å². The fourth-order valence-electron chi connectivity index (χ4n) is 6.04. The van der Waals surface area contributed by atoms with E-state index >= 15 is 0 Å². The first-order valence-corrected chi connectivity index (χ1v) is 12.4. The molecule has 2 saturated heterocycles. The Morgan fingerprint density at radius 1 is 1.09 bits per heavy atom. The molecule has 1 amide bonds. The van der Waals surface area contributed by atoms with Gasteiger partial charge in [0.05, 0.1) is 37.1 Å². The van der Waals surface area contributed by atoms with Crippen LogP contribution in [-0.4, -0.2) is 57.8 Å². The number of ether oxygens (including phenoxy) is 2. The highest BCUT2D eigenvalue weighted by molar-refractivity contribution is 5.79. The van der Waals surface area contributed by atoms with Gasteiger partial charge in [0.2, 0.25) is 0 Å². The minimum Gasteiger partial charge on any atom is -0.448 e. The van der Waals surface area contributed by atoms with Crippen LogP contribution >= 0.6 is 0 Å². The number of amides is 1. The first-order chi connectivity index (χ1) is 16.9. The number of benzene rings is 2. The topological polar surface area (TPSA) is 76.8 Å². The lowest BCUT2D eigenvalue weighted by Gasteiger charge is -2.50. The van der Waals surface area contributed by atoms with Gasteiger partial charge in [-0.1, -0.05) is 48.5 Å². The molecule has 2 bridgehead atoms. The molecule has 2 unspecified atom stereocenters. The molecule has 7 nitrogen and oxygen atoms in total. The lowest BCUT2D eigenvalue weighted by molar-refractivity contribution is -0.136. The molecule has 3 heterocycles. The predicted octanol–water partition coefficient (Wildman–Crippen LogP) is 4.46. The van der Waals surface area contributed by atoms with Crippen molar-refractivity contribution in [3.63, 3.8) is 0 Å². The second kappa shape index (κ2) is 8.50. The van der Waals surface area contributed by atoms with Gasteiger partial charge in [-0.3, -0.25) is 9.58 Å². The zero-order valence-corrected chi connectivity index (χ0v) is 20.1. The van der Waals surface area contributed by atoms with E-state index in [4.69, 9.17) is 9.47 Å². The van der Waals surface area contributed by atoms with E-state index in [1.54, 1.807) is 11.1 Å². The highest BCUT2D eigenvalue weighted by atomic mass is 16.6. The fraction of sp³-hybridized carbons (Fsp3) is 0.429. The Morgan fingerprint density at radius 2 is 1.69 bits per heavy atom. The van der Waals surface area contributed by atoms with Crippen LogP contribution in [0, 0.1) is 0 Å². The van der Waals surface area contributed by atoms with E-state index in [9.17, 15) is 9.90 Å². The summed E-state index contributed by atoms with van der Waals surface area (Å²) in [4.78, 5) is 15.2. The molecule has 1 N–H and O–H groups in total. The van der Waals surface area contributed by atoms with Crippen LogP contribution in [0.4, 0.5) is 4.79 Å². The number of hydrogen-bond acceptors (Lipinski definition) is 5. The fourth-order valence-corrected chi connectivity index (χ4v) is 6.04. The standard InChI is InChI=1S/C28H31N3O4/c1-18(2)30-14-19(13-29-30)28(33)11-20-15-34-16-21(12-28)31(20)27(32)35-17-26-24-9-5-3-7-22(24)23-8-4-6-10-25(23)26/h3-10,13-14,18,20-21,26,33H,11-12,15-17H2,1-2H3. The van der Waals surface area contributed by atoms with E-state index < -0.39 is 5.60 Å². The number of hydrogen-bond donors (Lipinski definition) is 1. The van der Waals surface area contributed by atoms with Gasteiger partial charge >= 0.3 is 6.09 Å². The second-order valence-electron chi connectivity index (χ2n) is 10.3. The number of aliphatic hydroxyl groups is 1. The first-order valence-electron chi connectivity index (χ1n) is 12.4. The molecule has 1 aliphatic carbocycles. The lowest BCUT2D eigenvalue weighted by atomic mass is 9.78. The average Bonchev–Trinajstić information content (AvgIpc) is 3.47. The maximum Gasteiger partial charge on any atom is 0.410 e.